The van der Waals surface area contributed by atoms with E-state index in [0.717, 1.165) is 5.56 Å². The first-order chi connectivity index (χ1) is 10.1. The third kappa shape index (κ3) is 3.90. The summed E-state index contributed by atoms with van der Waals surface area (Å²) < 4.78 is 4.92. The second-order valence-electron chi connectivity index (χ2n) is 4.19. The van der Waals surface area contributed by atoms with E-state index in [2.05, 4.69) is 15.3 Å². The van der Waals surface area contributed by atoms with Crippen molar-refractivity contribution in [2.24, 2.45) is 0 Å². The first kappa shape index (κ1) is 15.2. The number of hydrogen-bond donors (Lipinski definition) is 2. The highest BCUT2D eigenvalue weighted by atomic mass is 35.5. The minimum Gasteiger partial charge on any atom is -0.477 e. The molecule has 1 aromatic heterocycles. The summed E-state index contributed by atoms with van der Waals surface area (Å²) >= 11 is 5.84. The number of hydrogen-bond acceptors (Lipinski definition) is 5. The summed E-state index contributed by atoms with van der Waals surface area (Å²) in [4.78, 5) is 19.5. The fourth-order valence-electron chi connectivity index (χ4n) is 1.68. The van der Waals surface area contributed by atoms with Crippen LogP contribution in [0.3, 0.4) is 0 Å². The molecule has 0 fully saturated rings. The van der Waals surface area contributed by atoms with Crippen LogP contribution in [0.4, 0.5) is 5.82 Å². The average molecular weight is 308 g/mol. The van der Waals surface area contributed by atoms with Gasteiger partial charge in [-0.15, -0.1) is 0 Å². The number of aromatic nitrogens is 2. The number of carboxylic acid groups (broad SMARTS) is 1. The van der Waals surface area contributed by atoms with Gasteiger partial charge in [0.1, 0.15) is 11.4 Å². The first-order valence-corrected chi connectivity index (χ1v) is 6.58. The second-order valence-corrected chi connectivity index (χ2v) is 4.62. The maximum absolute atomic E-state index is 11.2. The lowest BCUT2D eigenvalue weighted by atomic mass is 10.2. The predicted molar refractivity (Wildman–Crippen MR) is 79.8 cm³/mol. The molecule has 0 unspecified atom stereocenters. The van der Waals surface area contributed by atoms with Crippen LogP contribution in [0.2, 0.25) is 5.02 Å². The van der Waals surface area contributed by atoms with E-state index in [0.29, 0.717) is 24.0 Å². The SMILES string of the molecule is COCCNc1nc(-c2ccc(Cl)cc2)ncc1C(=O)O. The van der Waals surface area contributed by atoms with Gasteiger partial charge in [0.05, 0.1) is 6.61 Å². The largest absolute Gasteiger partial charge is 0.477 e. The van der Waals surface area contributed by atoms with E-state index in [-0.39, 0.29) is 11.4 Å². The van der Waals surface area contributed by atoms with Gasteiger partial charge in [-0.2, -0.15) is 0 Å². The number of anilines is 1. The van der Waals surface area contributed by atoms with Gasteiger partial charge in [0, 0.05) is 30.4 Å². The minimum atomic E-state index is -1.09. The molecule has 0 spiro atoms. The maximum Gasteiger partial charge on any atom is 0.341 e. The molecule has 0 bridgehead atoms. The molecular formula is C14H14ClN3O3. The lowest BCUT2D eigenvalue weighted by molar-refractivity contribution is 0.0697. The Labute approximate surface area is 126 Å². The lowest BCUT2D eigenvalue weighted by Crippen LogP contribution is -2.14. The number of nitrogens with one attached hydrogen (secondary N) is 1. The highest BCUT2D eigenvalue weighted by Crippen LogP contribution is 2.21. The van der Waals surface area contributed by atoms with Gasteiger partial charge in [0.25, 0.3) is 0 Å². The highest BCUT2D eigenvalue weighted by Gasteiger charge is 2.14. The number of methoxy groups -OCH3 is 1. The molecule has 1 heterocycles. The summed E-state index contributed by atoms with van der Waals surface area (Å²) in [5, 5.41) is 12.7. The van der Waals surface area contributed by atoms with Gasteiger partial charge in [-0.05, 0) is 24.3 Å². The molecule has 0 saturated carbocycles. The quantitative estimate of drug-likeness (QED) is 0.798. The van der Waals surface area contributed by atoms with E-state index in [4.69, 9.17) is 21.4 Å². The van der Waals surface area contributed by atoms with Gasteiger partial charge in [-0.3, -0.25) is 0 Å². The van der Waals surface area contributed by atoms with Gasteiger partial charge in [0.2, 0.25) is 0 Å². The van der Waals surface area contributed by atoms with Gasteiger partial charge in [0.15, 0.2) is 5.82 Å². The third-order valence-electron chi connectivity index (χ3n) is 2.72. The Morgan fingerprint density at radius 3 is 2.71 bits per heavy atom. The van der Waals surface area contributed by atoms with Crippen LogP contribution in [0.25, 0.3) is 11.4 Å². The molecule has 2 aromatic rings. The van der Waals surface area contributed by atoms with Crippen molar-refractivity contribution in [3.63, 3.8) is 0 Å². The van der Waals surface area contributed by atoms with E-state index in [1.807, 2.05) is 0 Å². The first-order valence-electron chi connectivity index (χ1n) is 6.21. The topological polar surface area (TPSA) is 84.3 Å². The Morgan fingerprint density at radius 1 is 1.38 bits per heavy atom. The van der Waals surface area contributed by atoms with Crippen LogP contribution in [0.1, 0.15) is 10.4 Å². The van der Waals surface area contributed by atoms with Crippen molar-refractivity contribution in [2.45, 2.75) is 0 Å². The molecule has 1 aromatic carbocycles. The number of carbonyl (C=O) groups is 1. The predicted octanol–water partition coefficient (Wildman–Crippen LogP) is 2.55. The Bertz CT molecular complexity index is 632. The number of benzene rings is 1. The number of aromatic carboxylic acids is 1. The van der Waals surface area contributed by atoms with Crippen LogP contribution in [0, 0.1) is 0 Å². The molecule has 0 aliphatic carbocycles. The molecule has 2 N–H and O–H groups in total. The van der Waals surface area contributed by atoms with Crippen molar-refractivity contribution < 1.29 is 14.6 Å². The normalized spacial score (nSPS) is 10.4. The Hall–Kier alpha value is -2.18. The number of carboxylic acids is 1. The number of nitrogens with zero attached hydrogens (tertiary/aromatic N) is 2. The summed E-state index contributed by atoms with van der Waals surface area (Å²) in [6.45, 7) is 0.896. The standard InChI is InChI=1S/C14H14ClN3O3/c1-21-7-6-16-13-11(14(19)20)8-17-12(18-13)9-2-4-10(15)5-3-9/h2-5,8H,6-7H2,1H3,(H,19,20)(H,16,17,18). The summed E-state index contributed by atoms with van der Waals surface area (Å²) in [6.07, 6.45) is 1.29. The molecule has 0 aliphatic rings. The Balaban J connectivity index is 2.33. The average Bonchev–Trinajstić information content (AvgIpc) is 2.48. The van der Waals surface area contributed by atoms with E-state index in [1.165, 1.54) is 6.20 Å². The number of ether oxygens (including phenoxy) is 1. The van der Waals surface area contributed by atoms with E-state index in [9.17, 15) is 4.79 Å². The van der Waals surface area contributed by atoms with E-state index in [1.54, 1.807) is 31.4 Å². The zero-order valence-corrected chi connectivity index (χ0v) is 12.1. The van der Waals surface area contributed by atoms with Crippen molar-refractivity contribution in [3.05, 3.63) is 41.0 Å². The smallest absolute Gasteiger partial charge is 0.341 e. The Kier molecular flexibility index (Phi) is 5.08. The van der Waals surface area contributed by atoms with Gasteiger partial charge in [-0.25, -0.2) is 14.8 Å². The van der Waals surface area contributed by atoms with Gasteiger partial charge < -0.3 is 15.2 Å². The Morgan fingerprint density at radius 2 is 2.10 bits per heavy atom. The minimum absolute atomic E-state index is 0.0174. The van der Waals surface area contributed by atoms with Crippen LogP contribution in [-0.2, 0) is 4.74 Å². The fraction of sp³-hybridized carbons (Fsp3) is 0.214. The molecule has 110 valence electrons. The summed E-state index contributed by atoms with van der Waals surface area (Å²) in [5.41, 5.74) is 0.773. The van der Waals surface area contributed by atoms with Crippen molar-refractivity contribution in [2.75, 3.05) is 25.6 Å². The third-order valence-corrected chi connectivity index (χ3v) is 2.97. The molecule has 0 saturated heterocycles. The zero-order chi connectivity index (χ0) is 15.2. The highest BCUT2D eigenvalue weighted by molar-refractivity contribution is 6.30. The van der Waals surface area contributed by atoms with Crippen LogP contribution < -0.4 is 5.32 Å². The van der Waals surface area contributed by atoms with E-state index < -0.39 is 5.97 Å². The van der Waals surface area contributed by atoms with Crippen LogP contribution in [0.5, 0.6) is 0 Å². The van der Waals surface area contributed by atoms with Crippen molar-refractivity contribution >= 4 is 23.4 Å². The lowest BCUT2D eigenvalue weighted by Gasteiger charge is -2.09. The summed E-state index contributed by atoms with van der Waals surface area (Å²) in [5.74, 6) is -0.395. The fourth-order valence-corrected chi connectivity index (χ4v) is 1.81. The molecule has 0 amide bonds. The number of halogens is 1. The molecular weight excluding hydrogens is 294 g/mol. The van der Waals surface area contributed by atoms with Crippen molar-refractivity contribution in [1.29, 1.82) is 0 Å². The zero-order valence-electron chi connectivity index (χ0n) is 11.3. The molecule has 0 radical (unpaired) electrons. The second kappa shape index (κ2) is 7.01. The van der Waals surface area contributed by atoms with Gasteiger partial charge >= 0.3 is 5.97 Å². The van der Waals surface area contributed by atoms with Crippen LogP contribution in [-0.4, -0.2) is 41.3 Å². The van der Waals surface area contributed by atoms with Crippen molar-refractivity contribution in [1.82, 2.24) is 9.97 Å². The number of rotatable bonds is 6. The monoisotopic (exact) mass is 307 g/mol. The molecule has 2 rings (SSSR count). The summed E-state index contributed by atoms with van der Waals surface area (Å²) in [6, 6.07) is 7.00. The molecule has 7 heteroatoms. The summed E-state index contributed by atoms with van der Waals surface area (Å²) in [7, 11) is 1.57. The molecule has 21 heavy (non-hydrogen) atoms. The molecule has 0 aliphatic heterocycles. The van der Waals surface area contributed by atoms with Crippen molar-refractivity contribution in [3.8, 4) is 11.4 Å². The molecule has 0 atom stereocenters. The van der Waals surface area contributed by atoms with Crippen LogP contribution >= 0.6 is 11.6 Å². The van der Waals surface area contributed by atoms with Crippen LogP contribution in [0.15, 0.2) is 30.5 Å². The maximum atomic E-state index is 11.2. The van der Waals surface area contributed by atoms with E-state index >= 15 is 0 Å². The molecule has 6 nitrogen and oxygen atoms in total. The van der Waals surface area contributed by atoms with Gasteiger partial charge in [-0.1, -0.05) is 11.6 Å².